The number of carbonyl (C=O) groups excluding carboxylic acids is 1. The lowest BCUT2D eigenvalue weighted by molar-refractivity contribution is -0.255. The highest BCUT2D eigenvalue weighted by Gasteiger charge is 2.23. The molecule has 3 aromatic rings. The van der Waals surface area contributed by atoms with Gasteiger partial charge in [-0.25, -0.2) is 13.2 Å². The fourth-order valence-corrected chi connectivity index (χ4v) is 3.46. The average Bonchev–Trinajstić information content (AvgIpc) is 2.54. The van der Waals surface area contributed by atoms with E-state index in [2.05, 4.69) is 0 Å². The number of benzene rings is 2. The van der Waals surface area contributed by atoms with Crippen LogP contribution in [-0.4, -0.2) is 14.4 Å². The highest BCUT2D eigenvalue weighted by atomic mass is 32.2. The van der Waals surface area contributed by atoms with Crippen molar-refractivity contribution in [1.29, 1.82) is 0 Å². The number of carbonyl (C=O) groups is 1. The van der Waals surface area contributed by atoms with Gasteiger partial charge in [0.1, 0.15) is 5.58 Å². The van der Waals surface area contributed by atoms with Crippen LogP contribution in [0.1, 0.15) is 10.4 Å². The summed E-state index contributed by atoms with van der Waals surface area (Å²) < 4.78 is 30.0. The Bertz CT molecular complexity index is 1060. The lowest BCUT2D eigenvalue weighted by atomic mass is 10.1. The summed E-state index contributed by atoms with van der Waals surface area (Å²) in [5.74, 6) is -1.41. The zero-order chi connectivity index (χ0) is 16.6. The van der Waals surface area contributed by atoms with E-state index in [1.807, 2.05) is 0 Å². The molecule has 23 heavy (non-hydrogen) atoms. The van der Waals surface area contributed by atoms with Crippen molar-refractivity contribution >= 4 is 26.8 Å². The van der Waals surface area contributed by atoms with Crippen LogP contribution in [0.15, 0.2) is 73.6 Å². The number of fused-ring (bicyclic) bond motifs is 1. The number of sulfone groups is 1. The molecule has 0 saturated heterocycles. The van der Waals surface area contributed by atoms with E-state index in [0.29, 0.717) is 0 Å². The number of rotatable bonds is 3. The SMILES string of the molecule is O=C([O-])c1ccc2oc(=O)c(S(=O)(=O)c3ccccc3)cc2c1. The molecule has 0 unspecified atom stereocenters. The van der Waals surface area contributed by atoms with Gasteiger partial charge in [-0.3, -0.25) is 0 Å². The molecule has 0 amide bonds. The first-order valence-corrected chi connectivity index (χ1v) is 7.97. The van der Waals surface area contributed by atoms with Gasteiger partial charge in [-0.05, 0) is 42.0 Å². The Hall–Kier alpha value is -2.93. The summed E-state index contributed by atoms with van der Waals surface area (Å²) in [4.78, 5) is 22.3. The number of hydrogen-bond acceptors (Lipinski definition) is 6. The van der Waals surface area contributed by atoms with Gasteiger partial charge in [-0.15, -0.1) is 0 Å². The fourth-order valence-electron chi connectivity index (χ4n) is 2.15. The van der Waals surface area contributed by atoms with Crippen molar-refractivity contribution in [3.05, 3.63) is 70.6 Å². The van der Waals surface area contributed by atoms with Crippen molar-refractivity contribution in [2.45, 2.75) is 9.79 Å². The Labute approximate surface area is 130 Å². The van der Waals surface area contributed by atoms with Crippen LogP contribution in [0.3, 0.4) is 0 Å². The molecule has 0 saturated carbocycles. The summed E-state index contributed by atoms with van der Waals surface area (Å²) in [7, 11) is -4.06. The lowest BCUT2D eigenvalue weighted by Gasteiger charge is -2.06. The second-order valence-electron chi connectivity index (χ2n) is 4.75. The second kappa shape index (κ2) is 5.36. The van der Waals surface area contributed by atoms with Crippen LogP contribution in [0.4, 0.5) is 0 Å². The zero-order valence-corrected chi connectivity index (χ0v) is 12.4. The molecular weight excluding hydrogens is 320 g/mol. The summed E-state index contributed by atoms with van der Waals surface area (Å²) in [6, 6.07) is 12.2. The summed E-state index contributed by atoms with van der Waals surface area (Å²) in [6.07, 6.45) is 0. The predicted octanol–water partition coefficient (Wildman–Crippen LogP) is 0.989. The van der Waals surface area contributed by atoms with Gasteiger partial charge in [0.2, 0.25) is 9.84 Å². The van der Waals surface area contributed by atoms with E-state index in [-0.39, 0.29) is 21.4 Å². The summed E-state index contributed by atoms with van der Waals surface area (Å²) >= 11 is 0. The normalized spacial score (nSPS) is 11.5. The van der Waals surface area contributed by atoms with E-state index in [0.717, 1.165) is 6.07 Å². The molecule has 0 N–H and O–H groups in total. The quantitative estimate of drug-likeness (QED) is 0.664. The smallest absolute Gasteiger partial charge is 0.355 e. The lowest BCUT2D eigenvalue weighted by Crippen LogP contribution is -2.22. The highest BCUT2D eigenvalue weighted by molar-refractivity contribution is 7.91. The monoisotopic (exact) mass is 329 g/mol. The van der Waals surface area contributed by atoms with E-state index in [4.69, 9.17) is 4.42 Å². The van der Waals surface area contributed by atoms with Crippen molar-refractivity contribution in [1.82, 2.24) is 0 Å². The van der Waals surface area contributed by atoms with Crippen LogP contribution >= 0.6 is 0 Å². The molecule has 0 radical (unpaired) electrons. The first-order valence-electron chi connectivity index (χ1n) is 6.49. The number of hydrogen-bond donors (Lipinski definition) is 0. The first-order chi connectivity index (χ1) is 10.9. The summed E-state index contributed by atoms with van der Waals surface area (Å²) in [5, 5.41) is 11.1. The Morgan fingerprint density at radius 2 is 1.70 bits per heavy atom. The van der Waals surface area contributed by atoms with Crippen molar-refractivity contribution in [2.75, 3.05) is 0 Å². The molecule has 0 aliphatic rings. The topological polar surface area (TPSA) is 104 Å². The molecule has 6 nitrogen and oxygen atoms in total. The standard InChI is InChI=1S/C16H10O6S/c17-15(18)10-6-7-13-11(8-10)9-14(16(19)22-13)23(20,21)12-4-2-1-3-5-12/h1-9H,(H,17,18)/p-1. The third-order valence-electron chi connectivity index (χ3n) is 3.28. The van der Waals surface area contributed by atoms with Crippen LogP contribution in [0.2, 0.25) is 0 Å². The zero-order valence-electron chi connectivity index (χ0n) is 11.6. The van der Waals surface area contributed by atoms with Crippen LogP contribution in [0, 0.1) is 0 Å². The molecule has 0 aliphatic heterocycles. The van der Waals surface area contributed by atoms with Gasteiger partial charge in [0.25, 0.3) is 0 Å². The highest BCUT2D eigenvalue weighted by Crippen LogP contribution is 2.22. The maximum atomic E-state index is 12.5. The van der Waals surface area contributed by atoms with Gasteiger partial charge in [-0.1, -0.05) is 18.2 Å². The third kappa shape index (κ3) is 2.62. The van der Waals surface area contributed by atoms with E-state index in [9.17, 15) is 23.1 Å². The molecule has 0 aliphatic carbocycles. The van der Waals surface area contributed by atoms with Crippen LogP contribution in [0.5, 0.6) is 0 Å². The molecule has 0 fully saturated rings. The molecular formula is C16H9O6S-. The summed E-state index contributed by atoms with van der Waals surface area (Å²) in [6.45, 7) is 0. The van der Waals surface area contributed by atoms with Gasteiger partial charge < -0.3 is 14.3 Å². The van der Waals surface area contributed by atoms with E-state index in [1.165, 1.54) is 42.5 Å². The van der Waals surface area contributed by atoms with Crippen LogP contribution < -0.4 is 10.7 Å². The molecule has 3 rings (SSSR count). The van der Waals surface area contributed by atoms with Crippen molar-refractivity contribution in [3.8, 4) is 0 Å². The maximum Gasteiger partial charge on any atom is 0.355 e. The Balaban J connectivity index is 2.27. The minimum atomic E-state index is -4.06. The largest absolute Gasteiger partial charge is 0.545 e. The average molecular weight is 329 g/mol. The molecule has 0 bridgehead atoms. The van der Waals surface area contributed by atoms with E-state index in [1.54, 1.807) is 6.07 Å². The Kier molecular flexibility index (Phi) is 3.49. The molecule has 2 aromatic carbocycles. The molecule has 7 heteroatoms. The van der Waals surface area contributed by atoms with Gasteiger partial charge in [0.15, 0.2) is 4.90 Å². The van der Waals surface area contributed by atoms with E-state index < -0.39 is 26.3 Å². The van der Waals surface area contributed by atoms with Crippen LogP contribution in [0.25, 0.3) is 11.0 Å². The minimum Gasteiger partial charge on any atom is -0.545 e. The molecule has 0 atom stereocenters. The van der Waals surface area contributed by atoms with Crippen molar-refractivity contribution in [3.63, 3.8) is 0 Å². The Morgan fingerprint density at radius 3 is 2.35 bits per heavy atom. The molecule has 1 aromatic heterocycles. The fraction of sp³-hybridized carbons (Fsp3) is 0. The number of aromatic carboxylic acids is 1. The van der Waals surface area contributed by atoms with Gasteiger partial charge >= 0.3 is 5.63 Å². The van der Waals surface area contributed by atoms with Crippen molar-refractivity contribution in [2.24, 2.45) is 0 Å². The second-order valence-corrected chi connectivity index (χ2v) is 6.67. The van der Waals surface area contributed by atoms with Crippen molar-refractivity contribution < 1.29 is 22.7 Å². The minimum absolute atomic E-state index is 0.0531. The van der Waals surface area contributed by atoms with Gasteiger partial charge in [0, 0.05) is 5.39 Å². The van der Waals surface area contributed by atoms with Crippen LogP contribution in [-0.2, 0) is 9.84 Å². The van der Waals surface area contributed by atoms with Gasteiger partial charge in [0.05, 0.1) is 10.9 Å². The summed E-state index contributed by atoms with van der Waals surface area (Å²) in [5.41, 5.74) is -1.07. The first kappa shape index (κ1) is 15.0. The molecule has 1 heterocycles. The molecule has 116 valence electrons. The number of carboxylic acid groups (broad SMARTS) is 1. The molecule has 0 spiro atoms. The van der Waals surface area contributed by atoms with Gasteiger partial charge in [-0.2, -0.15) is 0 Å². The third-order valence-corrected chi connectivity index (χ3v) is 5.04. The van der Waals surface area contributed by atoms with E-state index >= 15 is 0 Å². The predicted molar refractivity (Wildman–Crippen MR) is 78.7 cm³/mol. The number of carboxylic acids is 1. The Morgan fingerprint density at radius 1 is 1.00 bits per heavy atom. The maximum absolute atomic E-state index is 12.5.